The Morgan fingerprint density at radius 3 is 3.00 bits per heavy atom. The van der Waals surface area contributed by atoms with Crippen molar-refractivity contribution in [3.63, 3.8) is 0 Å². The van der Waals surface area contributed by atoms with E-state index >= 15 is 0 Å². The molecule has 0 bridgehead atoms. The summed E-state index contributed by atoms with van der Waals surface area (Å²) in [5.74, 6) is 0.387. The van der Waals surface area contributed by atoms with Crippen LogP contribution in [0, 0.1) is 17.0 Å². The Kier molecular flexibility index (Phi) is 5.37. The summed E-state index contributed by atoms with van der Waals surface area (Å²) in [6.07, 6.45) is 4.42. The minimum absolute atomic E-state index is 0.0240. The summed E-state index contributed by atoms with van der Waals surface area (Å²) in [6.45, 7) is 3.44. The number of nitro benzene ring substituents is 1. The van der Waals surface area contributed by atoms with Crippen LogP contribution in [0.15, 0.2) is 16.6 Å². The fourth-order valence-electron chi connectivity index (χ4n) is 2.54. The van der Waals surface area contributed by atoms with Gasteiger partial charge in [-0.15, -0.1) is 0 Å². The van der Waals surface area contributed by atoms with Crippen molar-refractivity contribution in [1.82, 2.24) is 5.32 Å². The molecule has 1 aromatic rings. The highest BCUT2D eigenvalue weighted by atomic mass is 79.9. The van der Waals surface area contributed by atoms with Gasteiger partial charge in [0.2, 0.25) is 0 Å². The minimum atomic E-state index is -0.397. The third-order valence-corrected chi connectivity index (χ3v) is 3.98. The zero-order valence-electron chi connectivity index (χ0n) is 11.5. The topological polar surface area (TPSA) is 64.4 Å². The molecule has 110 valence electrons. The van der Waals surface area contributed by atoms with Gasteiger partial charge in [-0.2, -0.15) is 0 Å². The smallest absolute Gasteiger partial charge is 0.312 e. The average molecular weight is 343 g/mol. The molecule has 20 heavy (non-hydrogen) atoms. The van der Waals surface area contributed by atoms with Gasteiger partial charge in [-0.05, 0) is 50.8 Å². The fraction of sp³-hybridized carbons (Fsp3) is 0.571. The number of aryl methyl sites for hydroxylation is 1. The lowest BCUT2D eigenvalue weighted by Crippen LogP contribution is -2.21. The number of ether oxygens (including phenoxy) is 1. The predicted octanol–water partition coefficient (Wildman–Crippen LogP) is 3.58. The van der Waals surface area contributed by atoms with Crippen LogP contribution < -0.4 is 10.1 Å². The largest absolute Gasteiger partial charge is 0.487 e. The van der Waals surface area contributed by atoms with E-state index in [1.807, 2.05) is 13.0 Å². The molecule has 0 radical (unpaired) electrons. The Balaban J connectivity index is 1.92. The van der Waals surface area contributed by atoms with Gasteiger partial charge >= 0.3 is 5.69 Å². The molecule has 1 unspecified atom stereocenters. The van der Waals surface area contributed by atoms with Crippen LogP contribution in [-0.4, -0.2) is 24.1 Å². The molecule has 1 atom stereocenters. The van der Waals surface area contributed by atoms with Gasteiger partial charge in [0.15, 0.2) is 5.75 Å². The van der Waals surface area contributed by atoms with Crippen LogP contribution in [0.1, 0.15) is 31.2 Å². The summed E-state index contributed by atoms with van der Waals surface area (Å²) in [5.41, 5.74) is 0.806. The number of rotatable bonds is 6. The van der Waals surface area contributed by atoms with E-state index in [2.05, 4.69) is 21.2 Å². The molecule has 5 nitrogen and oxygen atoms in total. The molecule has 1 saturated heterocycles. The standard InChI is InChI=1S/C14H19BrN2O3/c1-10-8-11(15)9-13(17(18)19)14(10)20-7-3-5-12-4-2-6-16-12/h8-9,12,16H,2-7H2,1H3. The number of hydrogen-bond acceptors (Lipinski definition) is 4. The van der Waals surface area contributed by atoms with Gasteiger partial charge in [-0.25, -0.2) is 0 Å². The number of nitro groups is 1. The molecule has 2 rings (SSSR count). The highest BCUT2D eigenvalue weighted by Gasteiger charge is 2.19. The zero-order valence-corrected chi connectivity index (χ0v) is 13.1. The number of hydrogen-bond donors (Lipinski definition) is 1. The van der Waals surface area contributed by atoms with E-state index < -0.39 is 4.92 Å². The van der Waals surface area contributed by atoms with Gasteiger partial charge in [0.05, 0.1) is 11.5 Å². The van der Waals surface area contributed by atoms with Gasteiger partial charge in [0.1, 0.15) is 0 Å². The van der Waals surface area contributed by atoms with E-state index in [1.165, 1.54) is 18.9 Å². The number of halogens is 1. The quantitative estimate of drug-likeness (QED) is 0.487. The molecule has 1 aromatic carbocycles. The molecule has 0 amide bonds. The minimum Gasteiger partial charge on any atom is -0.487 e. The van der Waals surface area contributed by atoms with E-state index in [9.17, 15) is 10.1 Å². The second-order valence-corrected chi connectivity index (χ2v) is 6.03. The monoisotopic (exact) mass is 342 g/mol. The number of benzene rings is 1. The fourth-order valence-corrected chi connectivity index (χ4v) is 3.10. The van der Waals surface area contributed by atoms with Crippen LogP contribution in [0.2, 0.25) is 0 Å². The summed E-state index contributed by atoms with van der Waals surface area (Å²) >= 11 is 3.27. The first-order valence-corrected chi connectivity index (χ1v) is 7.68. The van der Waals surface area contributed by atoms with Crippen LogP contribution in [-0.2, 0) is 0 Å². The molecule has 1 N–H and O–H groups in total. The van der Waals surface area contributed by atoms with E-state index in [0.29, 0.717) is 22.9 Å². The molecule has 0 spiro atoms. The Morgan fingerprint density at radius 1 is 1.55 bits per heavy atom. The summed E-state index contributed by atoms with van der Waals surface area (Å²) < 4.78 is 6.35. The van der Waals surface area contributed by atoms with Crippen LogP contribution in [0.3, 0.4) is 0 Å². The van der Waals surface area contributed by atoms with Crippen molar-refractivity contribution in [3.8, 4) is 5.75 Å². The first-order valence-electron chi connectivity index (χ1n) is 6.88. The van der Waals surface area contributed by atoms with Crippen molar-refractivity contribution in [2.24, 2.45) is 0 Å². The SMILES string of the molecule is Cc1cc(Br)cc([N+](=O)[O-])c1OCCCC1CCCN1. The average Bonchev–Trinajstić information content (AvgIpc) is 2.88. The highest BCUT2D eigenvalue weighted by molar-refractivity contribution is 9.10. The normalized spacial score (nSPS) is 18.2. The summed E-state index contributed by atoms with van der Waals surface area (Å²) in [5, 5.41) is 14.5. The Bertz CT molecular complexity index is 488. The molecule has 1 fully saturated rings. The van der Waals surface area contributed by atoms with E-state index in [4.69, 9.17) is 4.74 Å². The Labute approximate surface area is 127 Å². The maximum absolute atomic E-state index is 11.1. The van der Waals surface area contributed by atoms with E-state index in [-0.39, 0.29) is 5.69 Å². The van der Waals surface area contributed by atoms with Gasteiger partial charge < -0.3 is 10.1 Å². The first-order chi connectivity index (χ1) is 9.58. The van der Waals surface area contributed by atoms with Crippen LogP contribution in [0.4, 0.5) is 5.69 Å². The van der Waals surface area contributed by atoms with Crippen LogP contribution >= 0.6 is 15.9 Å². The molecular weight excluding hydrogens is 324 g/mol. The Morgan fingerprint density at radius 2 is 2.35 bits per heavy atom. The molecule has 0 aromatic heterocycles. The van der Waals surface area contributed by atoms with E-state index in [0.717, 1.165) is 24.9 Å². The van der Waals surface area contributed by atoms with Crippen LogP contribution in [0.5, 0.6) is 5.75 Å². The van der Waals surface area contributed by atoms with Crippen LogP contribution in [0.25, 0.3) is 0 Å². The lowest BCUT2D eigenvalue weighted by Gasteiger charge is -2.12. The summed E-state index contributed by atoms with van der Waals surface area (Å²) in [6, 6.07) is 3.90. The van der Waals surface area contributed by atoms with Crippen molar-refractivity contribution in [3.05, 3.63) is 32.3 Å². The molecule has 6 heteroatoms. The molecule has 0 saturated carbocycles. The number of nitrogens with zero attached hydrogens (tertiary/aromatic N) is 1. The van der Waals surface area contributed by atoms with Crippen molar-refractivity contribution in [1.29, 1.82) is 0 Å². The number of nitrogens with one attached hydrogen (secondary N) is 1. The highest BCUT2D eigenvalue weighted by Crippen LogP contribution is 2.34. The lowest BCUT2D eigenvalue weighted by atomic mass is 10.1. The molecule has 1 aliphatic heterocycles. The third kappa shape index (κ3) is 3.93. The first kappa shape index (κ1) is 15.3. The van der Waals surface area contributed by atoms with E-state index in [1.54, 1.807) is 0 Å². The molecule has 1 heterocycles. The van der Waals surface area contributed by atoms with Crippen molar-refractivity contribution >= 4 is 21.6 Å². The molecule has 1 aliphatic rings. The summed E-state index contributed by atoms with van der Waals surface area (Å²) in [7, 11) is 0. The maximum Gasteiger partial charge on any atom is 0.312 e. The maximum atomic E-state index is 11.1. The van der Waals surface area contributed by atoms with Gasteiger partial charge in [0.25, 0.3) is 0 Å². The molecular formula is C14H19BrN2O3. The van der Waals surface area contributed by atoms with Crippen molar-refractivity contribution in [2.45, 2.75) is 38.6 Å². The second-order valence-electron chi connectivity index (χ2n) is 5.11. The van der Waals surface area contributed by atoms with Gasteiger partial charge in [-0.3, -0.25) is 10.1 Å². The molecule has 0 aliphatic carbocycles. The van der Waals surface area contributed by atoms with Crippen molar-refractivity contribution < 1.29 is 9.66 Å². The predicted molar refractivity (Wildman–Crippen MR) is 81.3 cm³/mol. The summed E-state index contributed by atoms with van der Waals surface area (Å²) in [4.78, 5) is 10.7. The zero-order chi connectivity index (χ0) is 14.5. The van der Waals surface area contributed by atoms with Gasteiger partial charge in [-0.1, -0.05) is 15.9 Å². The lowest BCUT2D eigenvalue weighted by molar-refractivity contribution is -0.386. The third-order valence-electron chi connectivity index (χ3n) is 3.52. The van der Waals surface area contributed by atoms with Gasteiger partial charge in [0, 0.05) is 16.6 Å². The van der Waals surface area contributed by atoms with Crippen molar-refractivity contribution in [2.75, 3.05) is 13.2 Å². The Hall–Kier alpha value is -1.14. The second kappa shape index (κ2) is 7.04.